The number of allylic oxidation sites excluding steroid dienone is 2. The number of amides is 2. The van der Waals surface area contributed by atoms with E-state index in [1.165, 1.54) is 13.8 Å². The Morgan fingerprint density at radius 1 is 1.00 bits per heavy atom. The molecule has 1 aliphatic heterocycles. The molecule has 11 nitrogen and oxygen atoms in total. The first-order valence-corrected chi connectivity index (χ1v) is 13.2. The van der Waals surface area contributed by atoms with E-state index in [9.17, 15) is 29.7 Å². The summed E-state index contributed by atoms with van der Waals surface area (Å²) >= 11 is 0. The van der Waals surface area contributed by atoms with Gasteiger partial charge in [-0.2, -0.15) is 0 Å². The van der Waals surface area contributed by atoms with Gasteiger partial charge in [0.15, 0.2) is 6.29 Å². The van der Waals surface area contributed by atoms with Crippen molar-refractivity contribution in [2.45, 2.75) is 96.6 Å². The van der Waals surface area contributed by atoms with Crippen LogP contribution in [0.5, 0.6) is 0 Å². The number of carbonyl (C=O) groups is 3. The monoisotopic (exact) mass is 528 g/mol. The summed E-state index contributed by atoms with van der Waals surface area (Å²) in [5.74, 6) is -3.69. The lowest BCUT2D eigenvalue weighted by atomic mass is 9.80. The maximum absolute atomic E-state index is 13.0. The molecule has 6 unspecified atom stereocenters. The van der Waals surface area contributed by atoms with Crippen LogP contribution in [0, 0.1) is 17.8 Å². The molecule has 2 amide bonds. The van der Waals surface area contributed by atoms with Gasteiger partial charge in [-0.25, -0.2) is 0 Å². The van der Waals surface area contributed by atoms with Gasteiger partial charge in [-0.1, -0.05) is 26.0 Å². The molecule has 0 saturated carbocycles. The standard InChI is InChI=1S/C26H44N2O9/c1-15(2)20-21(30)22(31)26(36-17(4)16(3)25(33)34)37-23(20)24(32)28-13-12-27-19(29)14-35-18-10-8-6-5-7-9-11-18/h5-6,15-18,20-23,26,30-31H,7-14H2,1-4H3,(H,27,29)(H,28,32)(H,33,34)/b6-5+/t16?,17-,18-,20?,21?,22?,23?,26?/m0/s1. The van der Waals surface area contributed by atoms with E-state index in [0.717, 1.165) is 32.1 Å². The van der Waals surface area contributed by atoms with Crippen molar-refractivity contribution in [1.29, 1.82) is 0 Å². The second kappa shape index (κ2) is 15.4. The number of rotatable bonds is 12. The van der Waals surface area contributed by atoms with Crippen LogP contribution in [0.2, 0.25) is 0 Å². The minimum absolute atomic E-state index is 0.0421. The quantitative estimate of drug-likeness (QED) is 0.183. The molecule has 2 rings (SSSR count). The zero-order valence-electron chi connectivity index (χ0n) is 22.3. The van der Waals surface area contributed by atoms with Crippen molar-refractivity contribution in [2.24, 2.45) is 17.8 Å². The Morgan fingerprint density at radius 3 is 2.35 bits per heavy atom. The number of aliphatic carboxylic acids is 1. The summed E-state index contributed by atoms with van der Waals surface area (Å²) in [6.45, 7) is 6.83. The van der Waals surface area contributed by atoms with Crippen LogP contribution in [0.25, 0.3) is 0 Å². The van der Waals surface area contributed by atoms with Crippen molar-refractivity contribution in [2.75, 3.05) is 19.7 Å². The van der Waals surface area contributed by atoms with Gasteiger partial charge in [-0.05, 0) is 51.9 Å². The number of hydrogen-bond acceptors (Lipinski definition) is 8. The van der Waals surface area contributed by atoms with Crippen LogP contribution in [0.15, 0.2) is 12.2 Å². The molecule has 1 saturated heterocycles. The van der Waals surface area contributed by atoms with Gasteiger partial charge in [0.25, 0.3) is 0 Å². The van der Waals surface area contributed by atoms with Crippen LogP contribution >= 0.6 is 0 Å². The van der Waals surface area contributed by atoms with Gasteiger partial charge in [-0.15, -0.1) is 0 Å². The molecule has 1 heterocycles. The largest absolute Gasteiger partial charge is 0.481 e. The average molecular weight is 529 g/mol. The maximum Gasteiger partial charge on any atom is 0.308 e. The third-order valence-corrected chi connectivity index (χ3v) is 7.04. The molecule has 0 aromatic rings. The minimum Gasteiger partial charge on any atom is -0.481 e. The average Bonchev–Trinajstić information content (AvgIpc) is 2.82. The van der Waals surface area contributed by atoms with E-state index in [1.54, 1.807) is 13.8 Å². The zero-order valence-corrected chi connectivity index (χ0v) is 22.3. The summed E-state index contributed by atoms with van der Waals surface area (Å²) in [5, 5.41) is 35.9. The molecule has 0 bridgehead atoms. The summed E-state index contributed by atoms with van der Waals surface area (Å²) < 4.78 is 17.1. The van der Waals surface area contributed by atoms with Crippen LogP contribution in [0.3, 0.4) is 0 Å². The smallest absolute Gasteiger partial charge is 0.308 e. The molecule has 1 fully saturated rings. The molecular weight excluding hydrogens is 484 g/mol. The topological polar surface area (TPSA) is 164 Å². The summed E-state index contributed by atoms with van der Waals surface area (Å²) in [7, 11) is 0. The van der Waals surface area contributed by atoms with Crippen molar-refractivity contribution >= 4 is 17.8 Å². The summed E-state index contributed by atoms with van der Waals surface area (Å²) in [4.78, 5) is 36.4. The van der Waals surface area contributed by atoms with Crippen LogP contribution in [0.1, 0.15) is 59.8 Å². The highest BCUT2D eigenvalue weighted by Gasteiger charge is 2.49. The molecule has 11 heteroatoms. The van der Waals surface area contributed by atoms with Crippen LogP contribution < -0.4 is 10.6 Å². The van der Waals surface area contributed by atoms with Gasteiger partial charge >= 0.3 is 5.97 Å². The van der Waals surface area contributed by atoms with Gasteiger partial charge in [-0.3, -0.25) is 14.4 Å². The first kappa shape index (κ1) is 31.2. The first-order chi connectivity index (χ1) is 17.5. The third kappa shape index (κ3) is 9.64. The predicted octanol–water partition coefficient (Wildman–Crippen LogP) is 0.969. The van der Waals surface area contributed by atoms with Crippen LogP contribution in [-0.2, 0) is 28.6 Å². The van der Waals surface area contributed by atoms with Gasteiger partial charge in [0.1, 0.15) is 18.8 Å². The zero-order chi connectivity index (χ0) is 27.5. The van der Waals surface area contributed by atoms with Gasteiger partial charge in [0.05, 0.1) is 24.2 Å². The second-order valence-corrected chi connectivity index (χ2v) is 10.2. The molecular formula is C26H44N2O9. The number of nitrogens with one attached hydrogen (secondary N) is 2. The predicted molar refractivity (Wildman–Crippen MR) is 134 cm³/mol. The number of aliphatic hydroxyl groups excluding tert-OH is 2. The van der Waals surface area contributed by atoms with Crippen molar-refractivity contribution in [3.63, 3.8) is 0 Å². The van der Waals surface area contributed by atoms with Gasteiger partial charge in [0, 0.05) is 19.0 Å². The normalized spacial score (nSPS) is 31.0. The number of carbonyl (C=O) groups excluding carboxylic acids is 2. The van der Waals surface area contributed by atoms with Gasteiger partial charge in [0.2, 0.25) is 11.8 Å². The molecule has 5 N–H and O–H groups in total. The van der Waals surface area contributed by atoms with Crippen LogP contribution in [0.4, 0.5) is 0 Å². The highest BCUT2D eigenvalue weighted by atomic mass is 16.7. The maximum atomic E-state index is 13.0. The SMILES string of the molecule is CC(C)C1C(C(=O)NCCNC(=O)CO[C@H]2CC/C=C/CCC2)OC(O[C@@H](C)C(C)C(=O)O)C(O)C1O. The van der Waals surface area contributed by atoms with E-state index in [0.29, 0.717) is 0 Å². The fourth-order valence-electron chi connectivity index (χ4n) is 4.53. The fourth-order valence-corrected chi connectivity index (χ4v) is 4.53. The lowest BCUT2D eigenvalue weighted by molar-refractivity contribution is -0.298. The Kier molecular flexibility index (Phi) is 13.0. The van der Waals surface area contributed by atoms with E-state index in [4.69, 9.17) is 14.2 Å². The Hall–Kier alpha value is -2.05. The van der Waals surface area contributed by atoms with E-state index in [-0.39, 0.29) is 37.6 Å². The van der Waals surface area contributed by atoms with Crippen molar-refractivity contribution in [3.05, 3.63) is 12.2 Å². The van der Waals surface area contributed by atoms with E-state index in [2.05, 4.69) is 22.8 Å². The van der Waals surface area contributed by atoms with Crippen LogP contribution in [-0.4, -0.2) is 89.6 Å². The summed E-state index contributed by atoms with van der Waals surface area (Å²) in [5.41, 5.74) is 0. The lowest BCUT2D eigenvalue weighted by Crippen LogP contribution is -2.61. The molecule has 212 valence electrons. The highest BCUT2D eigenvalue weighted by Crippen LogP contribution is 2.33. The number of ether oxygens (including phenoxy) is 3. The summed E-state index contributed by atoms with van der Waals surface area (Å²) in [6, 6.07) is 0. The van der Waals surface area contributed by atoms with E-state index in [1.807, 2.05) is 0 Å². The molecule has 1 aliphatic carbocycles. The Balaban J connectivity index is 1.84. The summed E-state index contributed by atoms with van der Waals surface area (Å²) in [6.07, 6.45) is 3.07. The molecule has 2 aliphatic rings. The molecule has 37 heavy (non-hydrogen) atoms. The Labute approximate surface area is 218 Å². The Bertz CT molecular complexity index is 775. The molecule has 0 radical (unpaired) electrons. The number of carboxylic acid groups (broad SMARTS) is 1. The van der Waals surface area contributed by atoms with Crippen molar-refractivity contribution in [3.8, 4) is 0 Å². The van der Waals surface area contributed by atoms with Crippen molar-refractivity contribution in [1.82, 2.24) is 10.6 Å². The lowest BCUT2D eigenvalue weighted by Gasteiger charge is -2.44. The number of carboxylic acids is 1. The first-order valence-electron chi connectivity index (χ1n) is 13.2. The van der Waals surface area contributed by atoms with Gasteiger partial charge < -0.3 is 40.2 Å². The molecule has 0 spiro atoms. The van der Waals surface area contributed by atoms with E-state index >= 15 is 0 Å². The Morgan fingerprint density at radius 2 is 1.68 bits per heavy atom. The number of hydrogen-bond donors (Lipinski definition) is 5. The third-order valence-electron chi connectivity index (χ3n) is 7.04. The second-order valence-electron chi connectivity index (χ2n) is 10.2. The minimum atomic E-state index is -1.45. The molecule has 8 atom stereocenters. The molecule has 0 aromatic heterocycles. The number of aliphatic hydroxyl groups is 2. The van der Waals surface area contributed by atoms with E-state index < -0.39 is 54.4 Å². The highest BCUT2D eigenvalue weighted by molar-refractivity contribution is 5.81. The van der Waals surface area contributed by atoms with Crippen molar-refractivity contribution < 1.29 is 43.9 Å². The molecule has 0 aromatic carbocycles. The fraction of sp³-hybridized carbons (Fsp3) is 0.808.